The first-order chi connectivity index (χ1) is 16.5. The second kappa shape index (κ2) is 11.4. The number of hydrogen-bond donors (Lipinski definition) is 1. The van der Waals surface area contributed by atoms with Crippen LogP contribution < -0.4 is 24.4 Å². The summed E-state index contributed by atoms with van der Waals surface area (Å²) in [5.41, 5.74) is 0.0851. The highest BCUT2D eigenvalue weighted by molar-refractivity contribution is 6.00. The summed E-state index contributed by atoms with van der Waals surface area (Å²) in [6.07, 6.45) is -14.2. The molecule has 200 valence electrons. The number of anilines is 2. The van der Waals surface area contributed by atoms with Crippen molar-refractivity contribution < 1.29 is 58.5 Å². The predicted octanol–water partition coefficient (Wildman–Crippen LogP) is 5.71. The van der Waals surface area contributed by atoms with Gasteiger partial charge in [-0.1, -0.05) is 6.92 Å². The minimum atomic E-state index is -4.94. The highest BCUT2D eigenvalue weighted by Crippen LogP contribution is 2.27. The number of halogens is 9. The monoisotopic (exact) mass is 536 g/mol. The molecular weight excluding hydrogens is 519 g/mol. The maximum absolute atomic E-state index is 12.8. The van der Waals surface area contributed by atoms with Crippen molar-refractivity contribution in [3.05, 3.63) is 30.3 Å². The van der Waals surface area contributed by atoms with Crippen LogP contribution in [0.1, 0.15) is 13.3 Å². The van der Waals surface area contributed by atoms with E-state index in [4.69, 9.17) is 0 Å². The van der Waals surface area contributed by atoms with Crippen LogP contribution in [0.3, 0.4) is 0 Å². The molecule has 17 heteroatoms. The van der Waals surface area contributed by atoms with Gasteiger partial charge in [0.05, 0.1) is 6.07 Å². The van der Waals surface area contributed by atoms with E-state index in [0.717, 1.165) is 29.2 Å². The van der Waals surface area contributed by atoms with Gasteiger partial charge in [-0.25, -0.2) is 4.79 Å². The quantitative estimate of drug-likeness (QED) is 0.414. The fraction of sp³-hybridized carbons (Fsp3) is 0.421. The number of amides is 2. The van der Waals surface area contributed by atoms with Crippen LogP contribution in [-0.2, 0) is 0 Å². The molecule has 0 spiro atoms. The zero-order valence-electron chi connectivity index (χ0n) is 18.1. The van der Waals surface area contributed by atoms with Gasteiger partial charge in [0.25, 0.3) is 0 Å². The number of hydrogen-bond acceptors (Lipinski definition) is 6. The number of urea groups is 1. The van der Waals surface area contributed by atoms with E-state index in [0.29, 0.717) is 12.5 Å². The number of carbonyl (C=O) groups is 1. The Morgan fingerprint density at radius 1 is 0.889 bits per heavy atom. The van der Waals surface area contributed by atoms with Crippen molar-refractivity contribution in [3.63, 3.8) is 0 Å². The van der Waals surface area contributed by atoms with Gasteiger partial charge in [-0.05, 0) is 30.7 Å². The fourth-order valence-electron chi connectivity index (χ4n) is 2.48. The Labute approximate surface area is 197 Å². The molecule has 0 atom stereocenters. The van der Waals surface area contributed by atoms with Crippen molar-refractivity contribution in [2.45, 2.75) is 32.1 Å². The molecule has 8 nitrogen and oxygen atoms in total. The molecule has 0 saturated heterocycles. The molecule has 2 rings (SSSR count). The second-order valence-electron chi connectivity index (χ2n) is 6.80. The lowest BCUT2D eigenvalue weighted by Crippen LogP contribution is -2.36. The molecule has 36 heavy (non-hydrogen) atoms. The lowest BCUT2D eigenvalue weighted by Gasteiger charge is -2.23. The van der Waals surface area contributed by atoms with E-state index >= 15 is 0 Å². The first-order valence-corrected chi connectivity index (χ1v) is 9.77. The third-order valence-electron chi connectivity index (χ3n) is 3.74. The smallest absolute Gasteiger partial charge is 0.468 e. The van der Waals surface area contributed by atoms with Crippen molar-refractivity contribution >= 4 is 17.7 Å². The van der Waals surface area contributed by atoms with Gasteiger partial charge in [-0.2, -0.15) is 36.3 Å². The molecule has 0 radical (unpaired) electrons. The summed E-state index contributed by atoms with van der Waals surface area (Å²) in [5, 5.41) is 2.08. The first kappa shape index (κ1) is 28.6. The molecule has 1 aromatic carbocycles. The molecule has 0 aliphatic rings. The van der Waals surface area contributed by atoms with Crippen LogP contribution in [0.25, 0.3) is 0 Å². The molecule has 2 aromatic rings. The average Bonchev–Trinajstić information content (AvgIpc) is 2.73. The molecule has 0 bridgehead atoms. The normalized spacial score (nSPS) is 12.2. The number of aromatic nitrogens is 2. The van der Waals surface area contributed by atoms with E-state index in [1.165, 1.54) is 0 Å². The van der Waals surface area contributed by atoms with Crippen LogP contribution >= 0.6 is 0 Å². The van der Waals surface area contributed by atoms with Crippen molar-refractivity contribution in [2.24, 2.45) is 0 Å². The Balaban J connectivity index is 2.26. The van der Waals surface area contributed by atoms with E-state index in [1.54, 1.807) is 6.92 Å². The van der Waals surface area contributed by atoms with Gasteiger partial charge in [0.1, 0.15) is 5.75 Å². The van der Waals surface area contributed by atoms with Crippen LogP contribution in [0.2, 0.25) is 0 Å². The van der Waals surface area contributed by atoms with E-state index in [2.05, 4.69) is 29.5 Å². The molecule has 1 N–H and O–H groups in total. The van der Waals surface area contributed by atoms with Gasteiger partial charge in [-0.15, -0.1) is 13.2 Å². The van der Waals surface area contributed by atoms with Crippen LogP contribution in [-0.4, -0.2) is 54.5 Å². The third kappa shape index (κ3) is 10.3. The summed E-state index contributed by atoms with van der Waals surface area (Å²) in [6, 6.07) is 3.68. The average molecular weight is 536 g/mol. The van der Waals surface area contributed by atoms with Gasteiger partial charge in [0.2, 0.25) is 17.7 Å². The fourth-order valence-corrected chi connectivity index (χ4v) is 2.48. The number of benzene rings is 1. The van der Waals surface area contributed by atoms with E-state index in [1.807, 2.05) is 0 Å². The first-order valence-electron chi connectivity index (χ1n) is 9.77. The number of ether oxygens (including phenoxy) is 3. The minimum Gasteiger partial charge on any atom is -0.468 e. The molecule has 0 aliphatic heterocycles. The Kier molecular flexibility index (Phi) is 9.04. The predicted molar refractivity (Wildman–Crippen MR) is 105 cm³/mol. The summed E-state index contributed by atoms with van der Waals surface area (Å²) in [4.78, 5) is 20.8. The molecule has 1 aromatic heterocycles. The van der Waals surface area contributed by atoms with Gasteiger partial charge in [0.15, 0.2) is 13.2 Å². The summed E-state index contributed by atoms with van der Waals surface area (Å²) < 4.78 is 124. The molecule has 2 amide bonds. The zero-order valence-corrected chi connectivity index (χ0v) is 18.1. The van der Waals surface area contributed by atoms with E-state index in [9.17, 15) is 44.3 Å². The molecule has 0 saturated carbocycles. The number of carbonyl (C=O) groups excluding carboxylic acids is 1. The maximum atomic E-state index is 12.8. The Morgan fingerprint density at radius 2 is 1.39 bits per heavy atom. The lowest BCUT2D eigenvalue weighted by molar-refractivity contribution is -0.274. The second-order valence-corrected chi connectivity index (χ2v) is 6.80. The SMILES string of the molecule is CCCN(C(=O)Nc1nc(OCC(F)(F)F)cc(OCC(F)(F)F)n1)c1ccc(OC(F)(F)F)cc1. The maximum Gasteiger partial charge on any atom is 0.573 e. The Bertz CT molecular complexity index is 976. The van der Waals surface area contributed by atoms with Crippen molar-refractivity contribution in [3.8, 4) is 17.5 Å². The highest BCUT2D eigenvalue weighted by Gasteiger charge is 2.32. The van der Waals surface area contributed by atoms with Gasteiger partial charge >= 0.3 is 24.7 Å². The molecular formula is C19H17F9N4O4. The third-order valence-corrected chi connectivity index (χ3v) is 3.74. The van der Waals surface area contributed by atoms with Crippen molar-refractivity contribution in [1.29, 1.82) is 0 Å². The molecule has 1 heterocycles. The summed E-state index contributed by atoms with van der Waals surface area (Å²) >= 11 is 0. The van der Waals surface area contributed by atoms with Crippen LogP contribution in [0.5, 0.6) is 17.5 Å². The zero-order chi connectivity index (χ0) is 27.1. The highest BCUT2D eigenvalue weighted by atomic mass is 19.4. The van der Waals surface area contributed by atoms with Gasteiger partial charge in [-0.3, -0.25) is 10.2 Å². The van der Waals surface area contributed by atoms with Gasteiger partial charge in [0, 0.05) is 12.2 Å². The standard InChI is InChI=1S/C19H17F9N4O4/c1-2-7-32(11-3-5-12(6-4-11)36-19(26,27)28)16(33)31-15-29-13(34-9-17(20,21)22)8-14(30-15)35-10-18(23,24)25/h3-6,8H,2,7,9-10H2,1H3,(H,29,30,31,33). The van der Waals surface area contributed by atoms with Crippen LogP contribution in [0.15, 0.2) is 30.3 Å². The molecule has 0 unspecified atom stereocenters. The number of rotatable bonds is 9. The Morgan fingerprint density at radius 3 is 1.81 bits per heavy atom. The summed E-state index contributed by atoms with van der Waals surface area (Å²) in [6.45, 7) is -2.02. The lowest BCUT2D eigenvalue weighted by atomic mass is 10.2. The van der Waals surface area contributed by atoms with Crippen LogP contribution in [0.4, 0.5) is 55.9 Å². The summed E-state index contributed by atoms with van der Waals surface area (Å²) in [7, 11) is 0. The molecule has 0 aliphatic carbocycles. The van der Waals surface area contributed by atoms with Crippen molar-refractivity contribution in [1.82, 2.24) is 9.97 Å². The summed E-state index contributed by atoms with van der Waals surface area (Å²) in [5.74, 6) is -3.00. The number of nitrogens with one attached hydrogen (secondary N) is 1. The largest absolute Gasteiger partial charge is 0.573 e. The van der Waals surface area contributed by atoms with Crippen molar-refractivity contribution in [2.75, 3.05) is 30.0 Å². The molecule has 0 fully saturated rings. The van der Waals surface area contributed by atoms with E-state index in [-0.39, 0.29) is 12.2 Å². The number of nitrogens with zero attached hydrogens (tertiary/aromatic N) is 3. The van der Waals surface area contributed by atoms with Crippen LogP contribution in [0, 0.1) is 0 Å². The van der Waals surface area contributed by atoms with E-state index < -0.39 is 61.4 Å². The number of alkyl halides is 9. The minimum absolute atomic E-state index is 0.00695. The van der Waals surface area contributed by atoms with Gasteiger partial charge < -0.3 is 14.2 Å². The topological polar surface area (TPSA) is 85.8 Å². The Hall–Kier alpha value is -3.66.